The number of imide groups is 1. The van der Waals surface area contributed by atoms with Crippen LogP contribution in [0.15, 0.2) is 47.4 Å². The minimum Gasteiger partial charge on any atom is -0.490 e. The second kappa shape index (κ2) is 8.12. The number of amides is 3. The molecular weight excluding hydrogens is 430 g/mol. The van der Waals surface area contributed by atoms with Gasteiger partial charge in [0.1, 0.15) is 12.3 Å². The quantitative estimate of drug-likeness (QED) is 0.676. The maximum Gasteiger partial charge on any atom is 0.324 e. The highest BCUT2D eigenvalue weighted by atomic mass is 32.2. The summed E-state index contributed by atoms with van der Waals surface area (Å²) in [6, 6.07) is 11.8. The van der Waals surface area contributed by atoms with Gasteiger partial charge in [-0.1, -0.05) is 18.2 Å². The fourth-order valence-corrected chi connectivity index (χ4v) is 6.18. The van der Waals surface area contributed by atoms with Gasteiger partial charge in [0.25, 0.3) is 10.0 Å². The Bertz CT molecular complexity index is 1170. The summed E-state index contributed by atoms with van der Waals surface area (Å²) < 4.78 is 34.2. The van der Waals surface area contributed by atoms with Crippen LogP contribution in [0.5, 0.6) is 5.75 Å². The van der Waals surface area contributed by atoms with Crippen molar-refractivity contribution in [3.05, 3.63) is 53.6 Å². The molecule has 0 unspecified atom stereocenters. The number of fused-ring (bicyclic) bond motifs is 1. The lowest BCUT2D eigenvalue weighted by Gasteiger charge is -2.21. The Kier molecular flexibility index (Phi) is 5.28. The Morgan fingerprint density at radius 1 is 1.06 bits per heavy atom. The maximum absolute atomic E-state index is 13.4. The SMILES string of the molecule is O=C1CN(Cc2ccc3c(c2)CCN3S(=O)(=O)c2cccc(OC3CCCC3)c2)C(=O)N1. The second-order valence-electron chi connectivity index (χ2n) is 8.50. The number of carbonyl (C=O) groups is 2. The molecule has 2 aromatic rings. The summed E-state index contributed by atoms with van der Waals surface area (Å²) >= 11 is 0. The fraction of sp³-hybridized carbons (Fsp3) is 0.391. The van der Waals surface area contributed by atoms with E-state index >= 15 is 0 Å². The smallest absolute Gasteiger partial charge is 0.324 e. The Balaban J connectivity index is 1.35. The predicted molar refractivity (Wildman–Crippen MR) is 118 cm³/mol. The van der Waals surface area contributed by atoms with Crippen molar-refractivity contribution in [2.24, 2.45) is 0 Å². The van der Waals surface area contributed by atoms with Gasteiger partial charge >= 0.3 is 6.03 Å². The molecule has 5 rings (SSSR count). The summed E-state index contributed by atoms with van der Waals surface area (Å²) in [5.74, 6) is 0.277. The molecular formula is C23H25N3O5S. The summed E-state index contributed by atoms with van der Waals surface area (Å²) in [5, 5.41) is 2.26. The molecule has 8 nitrogen and oxygen atoms in total. The summed E-state index contributed by atoms with van der Waals surface area (Å²) in [7, 11) is -3.73. The molecule has 2 heterocycles. The molecule has 168 valence electrons. The molecule has 1 saturated heterocycles. The number of hydrogen-bond donors (Lipinski definition) is 1. The molecule has 2 fully saturated rings. The van der Waals surface area contributed by atoms with Crippen LogP contribution in [-0.2, 0) is 27.8 Å². The lowest BCUT2D eigenvalue weighted by Crippen LogP contribution is -2.29. The van der Waals surface area contributed by atoms with E-state index in [2.05, 4.69) is 5.32 Å². The summed E-state index contributed by atoms with van der Waals surface area (Å²) in [4.78, 5) is 24.8. The standard InChI is InChI=1S/C23H25N3O5S/c27-22-15-25(23(28)24-22)14-16-8-9-21-17(12-16)10-11-26(21)32(29,30)20-7-3-6-19(13-20)31-18-4-1-2-5-18/h3,6-9,12-13,18H,1-2,4-5,10-11,14-15H2,(H,24,27,28). The van der Waals surface area contributed by atoms with Crippen LogP contribution in [-0.4, -0.2) is 44.4 Å². The second-order valence-corrected chi connectivity index (χ2v) is 10.4. The molecule has 2 aliphatic heterocycles. The number of urea groups is 1. The van der Waals surface area contributed by atoms with Crippen molar-refractivity contribution in [2.75, 3.05) is 17.4 Å². The molecule has 3 aliphatic rings. The van der Waals surface area contributed by atoms with Gasteiger partial charge in [-0.15, -0.1) is 0 Å². The minimum atomic E-state index is -3.73. The van der Waals surface area contributed by atoms with Gasteiger partial charge in [-0.2, -0.15) is 0 Å². The van der Waals surface area contributed by atoms with Gasteiger partial charge in [0.2, 0.25) is 5.91 Å². The Labute approximate surface area is 187 Å². The first-order chi connectivity index (χ1) is 15.4. The van der Waals surface area contributed by atoms with E-state index in [1.165, 1.54) is 9.21 Å². The molecule has 3 amide bonds. The van der Waals surface area contributed by atoms with Crippen molar-refractivity contribution in [3.8, 4) is 5.75 Å². The fourth-order valence-electron chi connectivity index (χ4n) is 4.64. The number of hydrogen-bond acceptors (Lipinski definition) is 5. The van der Waals surface area contributed by atoms with Gasteiger partial charge in [-0.3, -0.25) is 14.4 Å². The maximum atomic E-state index is 13.4. The van der Waals surface area contributed by atoms with Gasteiger partial charge in [0, 0.05) is 19.2 Å². The number of sulfonamides is 1. The van der Waals surface area contributed by atoms with Gasteiger partial charge in [-0.05, 0) is 61.4 Å². The number of carbonyl (C=O) groups excluding carboxylic acids is 2. The highest BCUT2D eigenvalue weighted by molar-refractivity contribution is 7.92. The van der Waals surface area contributed by atoms with Crippen molar-refractivity contribution in [2.45, 2.75) is 49.6 Å². The zero-order valence-corrected chi connectivity index (χ0v) is 18.4. The first-order valence-electron chi connectivity index (χ1n) is 10.9. The number of benzene rings is 2. The first kappa shape index (κ1) is 20.8. The van der Waals surface area contributed by atoms with Crippen LogP contribution in [0.2, 0.25) is 0 Å². The third-order valence-electron chi connectivity index (χ3n) is 6.24. The number of nitrogens with one attached hydrogen (secondary N) is 1. The number of ether oxygens (including phenoxy) is 1. The molecule has 0 bridgehead atoms. The van der Waals surface area contributed by atoms with E-state index in [0.717, 1.165) is 36.8 Å². The minimum absolute atomic E-state index is 0.0374. The highest BCUT2D eigenvalue weighted by Gasteiger charge is 2.32. The summed E-state index contributed by atoms with van der Waals surface area (Å²) in [6.45, 7) is 0.700. The van der Waals surface area contributed by atoms with Crippen LogP contribution in [0.4, 0.5) is 10.5 Å². The van der Waals surface area contributed by atoms with E-state index < -0.39 is 16.1 Å². The van der Waals surface area contributed by atoms with Crippen LogP contribution < -0.4 is 14.4 Å². The van der Waals surface area contributed by atoms with Crippen LogP contribution in [0.1, 0.15) is 36.8 Å². The zero-order chi connectivity index (χ0) is 22.3. The lowest BCUT2D eigenvalue weighted by molar-refractivity contribution is -0.118. The number of nitrogens with zero attached hydrogens (tertiary/aromatic N) is 2. The summed E-state index contributed by atoms with van der Waals surface area (Å²) in [6.07, 6.45) is 5.05. The van der Waals surface area contributed by atoms with E-state index in [4.69, 9.17) is 4.74 Å². The first-order valence-corrected chi connectivity index (χ1v) is 12.3. The third-order valence-corrected chi connectivity index (χ3v) is 8.05. The Hall–Kier alpha value is -3.07. The average molecular weight is 456 g/mol. The Morgan fingerprint density at radius 2 is 1.88 bits per heavy atom. The van der Waals surface area contributed by atoms with Gasteiger partial charge < -0.3 is 9.64 Å². The van der Waals surface area contributed by atoms with Crippen molar-refractivity contribution in [3.63, 3.8) is 0 Å². The van der Waals surface area contributed by atoms with Gasteiger partial charge in [0.15, 0.2) is 0 Å². The lowest BCUT2D eigenvalue weighted by atomic mass is 10.1. The molecule has 1 N–H and O–H groups in total. The summed E-state index contributed by atoms with van der Waals surface area (Å²) in [5.41, 5.74) is 2.42. The van der Waals surface area contributed by atoms with Crippen molar-refractivity contribution in [1.82, 2.24) is 10.2 Å². The van der Waals surface area contributed by atoms with E-state index in [9.17, 15) is 18.0 Å². The average Bonchev–Trinajstić information content (AvgIpc) is 3.49. The van der Waals surface area contributed by atoms with E-state index in [0.29, 0.717) is 30.9 Å². The predicted octanol–water partition coefficient (Wildman–Crippen LogP) is 2.81. The molecule has 9 heteroatoms. The van der Waals surface area contributed by atoms with E-state index in [-0.39, 0.29) is 23.5 Å². The van der Waals surface area contributed by atoms with Crippen molar-refractivity contribution >= 4 is 27.6 Å². The molecule has 1 saturated carbocycles. The van der Waals surface area contributed by atoms with E-state index in [1.807, 2.05) is 12.1 Å². The normalized spacial score (nSPS) is 18.9. The monoisotopic (exact) mass is 455 g/mol. The topological polar surface area (TPSA) is 96.0 Å². The molecule has 1 aliphatic carbocycles. The zero-order valence-electron chi connectivity index (χ0n) is 17.6. The van der Waals surface area contributed by atoms with Crippen LogP contribution >= 0.6 is 0 Å². The highest BCUT2D eigenvalue weighted by Crippen LogP contribution is 2.35. The molecule has 32 heavy (non-hydrogen) atoms. The molecule has 0 spiro atoms. The van der Waals surface area contributed by atoms with Gasteiger partial charge in [0.05, 0.1) is 16.7 Å². The van der Waals surface area contributed by atoms with Crippen molar-refractivity contribution < 1.29 is 22.7 Å². The van der Waals surface area contributed by atoms with E-state index in [1.54, 1.807) is 30.3 Å². The molecule has 0 aromatic heterocycles. The van der Waals surface area contributed by atoms with Crippen molar-refractivity contribution in [1.29, 1.82) is 0 Å². The molecule has 0 radical (unpaired) electrons. The van der Waals surface area contributed by atoms with Crippen LogP contribution in [0.25, 0.3) is 0 Å². The number of rotatable bonds is 6. The van der Waals surface area contributed by atoms with Crippen LogP contribution in [0, 0.1) is 0 Å². The third kappa shape index (κ3) is 3.92. The largest absolute Gasteiger partial charge is 0.490 e. The number of anilines is 1. The molecule has 2 aromatic carbocycles. The molecule has 0 atom stereocenters. The van der Waals surface area contributed by atoms with Gasteiger partial charge in [-0.25, -0.2) is 13.2 Å². The Morgan fingerprint density at radius 3 is 2.62 bits per heavy atom. The van der Waals surface area contributed by atoms with Crippen LogP contribution in [0.3, 0.4) is 0 Å².